The summed E-state index contributed by atoms with van der Waals surface area (Å²) in [6, 6.07) is 36.4. The van der Waals surface area contributed by atoms with Crippen molar-refractivity contribution in [2.45, 2.75) is 196 Å². The van der Waals surface area contributed by atoms with Crippen molar-refractivity contribution in [3.63, 3.8) is 0 Å². The van der Waals surface area contributed by atoms with Crippen molar-refractivity contribution in [3.05, 3.63) is 181 Å². The Balaban J connectivity index is 0.000000169. The van der Waals surface area contributed by atoms with E-state index >= 15 is 0 Å². The molecule has 10 aromatic rings. The Labute approximate surface area is 826 Å². The molecule has 4 aromatic heterocycles. The molecule has 36 nitrogen and oxygen atoms in total. The molecule has 0 radical (unpaired) electrons. The smallest absolute Gasteiger partial charge is 0.343 e. The number of nitrogens with zero attached hydrogens (tertiary/aromatic N) is 12. The SMILES string of the molecule is CNC(C)C(=O)N[C@H](C(=O)N1CCC[C@H]1C(=O)Nc1snnc1-c1ccccc1)c1cccc2ccccc12.CN[C@@H](C)C(=O)N[C@@H](C(=O)N1CCC[C@H]1C(=O)Nc1snnc1-c1ccccc1)C(F)(F)F.CN[C@@H](C)C(=O)N[C@H](C(=O)N1CCC[C@H]1C(=O)Nc1ccnn1-c1cccc(Cl)c1)C1CCCCC1.CN[C@@H](C)C(=O)N[C@H](C(=O)N1CCC[C@H]1C(=O)Nc1snnc1-c1ccccc1)C(F)(F)F. The summed E-state index contributed by atoms with van der Waals surface area (Å²) in [4.78, 5) is 161. The zero-order valence-electron chi connectivity index (χ0n) is 78.3. The molecular weight excluding hydrogens is 1910 g/mol. The molecule has 15 rings (SSSR count). The monoisotopic (exact) mass is 2020 g/mol. The van der Waals surface area contributed by atoms with Crippen LogP contribution in [0.4, 0.5) is 47.2 Å². The van der Waals surface area contributed by atoms with Gasteiger partial charge in [-0.25, -0.2) is 4.68 Å². The maximum Gasteiger partial charge on any atom is 0.417 e. The van der Waals surface area contributed by atoms with Crippen LogP contribution < -0.4 is 63.8 Å². The minimum atomic E-state index is -5.02. The Kier molecular flexibility index (Phi) is 37.7. The number of anilines is 4. The number of likely N-dealkylation sites (tertiary alicyclic amines) is 4. The van der Waals surface area contributed by atoms with Gasteiger partial charge in [-0.05, 0) is 161 Å². The van der Waals surface area contributed by atoms with E-state index in [1.54, 1.807) is 126 Å². The maximum atomic E-state index is 14.1. The number of alkyl halides is 6. The first kappa shape index (κ1) is 107. The minimum absolute atomic E-state index is 0.0343. The van der Waals surface area contributed by atoms with Crippen LogP contribution >= 0.6 is 46.2 Å². The fourth-order valence-corrected chi connectivity index (χ4v) is 18.8. The van der Waals surface area contributed by atoms with Gasteiger partial charge in [0.25, 0.3) is 17.7 Å². The van der Waals surface area contributed by atoms with E-state index in [9.17, 15) is 83.9 Å². The van der Waals surface area contributed by atoms with E-state index in [2.05, 4.69) is 87.0 Å². The number of rotatable bonds is 30. The van der Waals surface area contributed by atoms with Gasteiger partial charge in [0, 0.05) is 88.6 Å². The van der Waals surface area contributed by atoms with Crippen LogP contribution in [-0.2, 0) is 57.5 Å². The summed E-state index contributed by atoms with van der Waals surface area (Å²) in [6.45, 7) is 7.08. The number of fused-ring (bicyclic) bond motifs is 1. The van der Waals surface area contributed by atoms with E-state index in [4.69, 9.17) is 11.6 Å². The first-order valence-corrected chi connectivity index (χ1v) is 48.7. The fraction of sp³-hybridized carbons (Fsp3) is 0.421. The van der Waals surface area contributed by atoms with Gasteiger partial charge in [-0.2, -0.15) is 31.4 Å². The number of benzene rings is 6. The first-order valence-electron chi connectivity index (χ1n) is 46.0. The molecule has 5 fully saturated rings. The molecule has 8 heterocycles. The highest BCUT2D eigenvalue weighted by molar-refractivity contribution is 7.11. The first-order chi connectivity index (χ1) is 67.6. The summed E-state index contributed by atoms with van der Waals surface area (Å²) in [7, 11) is 6.23. The van der Waals surface area contributed by atoms with Crippen molar-refractivity contribution in [2.24, 2.45) is 5.92 Å². The Morgan fingerprint density at radius 1 is 0.390 bits per heavy atom. The standard InChI is InChI=1S/C29H30N6O3S.C26H35ClN6O3.2C20H23F3N6O3S/c1-18(30-2)26(36)31-25(22-15-8-13-19-10-6-7-14-21(19)22)29(38)35-17-9-16-23(35)27(37)32-28-24(33-34-39-28)20-11-4-3-5-12-20;1-17(28-2)24(34)31-23(18-8-4-3-5-9-18)26(36)32-15-7-12-21(32)25(35)30-22-13-14-29-33(22)20-11-6-10-19(27)16-20;2*1-11(24-2)16(30)25-15(20(21,22)23)19(32)29-10-6-9-13(29)17(31)26-18-14(27-28-33-18)12-7-4-3-5-8-12/h3-8,10-15,18,23,25,30H,9,16-17H2,1-2H3,(H,31,36)(H,32,37);6,10-11,13-14,16-18,21,23,28H,3-5,7-9,12,15H2,1-2H3,(H,30,35)(H,31,34);2*3-5,7-8,11,13,15,24H,6,9-10H2,1-2H3,(H,25,30)(H,26,31)/t18?,23-,25-;17-,21-,23-;11-,13-,15+;11-,13-,15-/m0000/s1. The molecule has 6 aromatic carbocycles. The predicted molar refractivity (Wildman–Crippen MR) is 521 cm³/mol. The van der Waals surface area contributed by atoms with Crippen LogP contribution in [0.2, 0.25) is 5.02 Å². The Morgan fingerprint density at radius 2 is 0.752 bits per heavy atom. The second-order valence-corrected chi connectivity index (χ2v) is 36.9. The zero-order valence-corrected chi connectivity index (χ0v) is 81.5. The highest BCUT2D eigenvalue weighted by Gasteiger charge is 2.53. The lowest BCUT2D eigenvalue weighted by molar-refractivity contribution is -0.179. The maximum absolute atomic E-state index is 14.1. The van der Waals surface area contributed by atoms with Crippen LogP contribution in [0.25, 0.3) is 50.2 Å². The third kappa shape index (κ3) is 27.1. The van der Waals surface area contributed by atoms with Gasteiger partial charge >= 0.3 is 12.4 Å². The van der Waals surface area contributed by atoms with Crippen LogP contribution in [0.15, 0.2) is 170 Å². The number of carbonyl (C=O) groups is 12. The van der Waals surface area contributed by atoms with Crippen molar-refractivity contribution in [1.29, 1.82) is 0 Å². The average Bonchev–Trinajstić information content (AvgIpc) is 1.78. The summed E-state index contributed by atoms with van der Waals surface area (Å²) in [6.07, 6.45) is 0.171. The number of hydrogen-bond acceptors (Lipinski definition) is 26. The molecule has 5 aliphatic rings. The zero-order chi connectivity index (χ0) is 101. The van der Waals surface area contributed by atoms with Crippen molar-refractivity contribution >= 4 is 149 Å². The molecule has 0 bridgehead atoms. The van der Waals surface area contributed by atoms with Gasteiger partial charge in [0.2, 0.25) is 65.2 Å². The largest absolute Gasteiger partial charge is 0.417 e. The lowest BCUT2D eigenvalue weighted by atomic mass is 9.83. The van der Waals surface area contributed by atoms with Crippen LogP contribution in [0, 0.1) is 5.92 Å². The second kappa shape index (κ2) is 49.8. The Hall–Kier alpha value is -13.2. The highest BCUT2D eigenvalue weighted by Crippen LogP contribution is 2.38. The molecule has 141 heavy (non-hydrogen) atoms. The fourth-order valence-electron chi connectivity index (χ4n) is 16.9. The Morgan fingerprint density at radius 3 is 1.16 bits per heavy atom. The van der Waals surface area contributed by atoms with Gasteiger partial charge < -0.3 is 83.4 Å². The number of likely N-dealkylation sites (N-methyl/N-ethyl adjacent to an activating group) is 4. The molecular formula is C95H111ClF6N24O12S3. The van der Waals surface area contributed by atoms with Crippen LogP contribution in [0.3, 0.4) is 0 Å². The highest BCUT2D eigenvalue weighted by atomic mass is 35.5. The molecule has 1 saturated carbocycles. The second-order valence-electron chi connectivity index (χ2n) is 34.2. The quantitative estimate of drug-likeness (QED) is 0.0186. The van der Waals surface area contributed by atoms with Crippen molar-refractivity contribution in [3.8, 4) is 39.5 Å². The number of nitrogens with one attached hydrogen (secondary N) is 12. The molecule has 12 N–H and O–H groups in total. The summed E-state index contributed by atoms with van der Waals surface area (Å²) in [5.41, 5.74) is 5.11. The van der Waals surface area contributed by atoms with Crippen LogP contribution in [0.1, 0.15) is 123 Å². The molecule has 1 aliphatic carbocycles. The summed E-state index contributed by atoms with van der Waals surface area (Å²) in [5.74, 6) is -6.93. The lowest BCUT2D eigenvalue weighted by Crippen LogP contribution is -2.60. The van der Waals surface area contributed by atoms with E-state index in [0.717, 1.165) is 105 Å². The normalized spacial score (nSPS) is 18.1. The van der Waals surface area contributed by atoms with Gasteiger partial charge in [0.15, 0.2) is 0 Å². The number of carbonyl (C=O) groups excluding carboxylic acids is 12. The topological polar surface area (TPSA) is 457 Å². The minimum Gasteiger partial charge on any atom is -0.343 e. The molecule has 0 spiro atoms. The number of halogens is 7. The molecule has 4 saturated heterocycles. The number of aromatic nitrogens is 8. The molecule has 12 atom stereocenters. The van der Waals surface area contributed by atoms with E-state index < -0.39 is 120 Å². The van der Waals surface area contributed by atoms with E-state index in [1.807, 2.05) is 97.1 Å². The molecule has 4 aliphatic heterocycles. The number of hydrogen-bond donors (Lipinski definition) is 12. The molecule has 750 valence electrons. The van der Waals surface area contributed by atoms with Crippen LogP contribution in [-0.4, -0.2) is 262 Å². The number of amides is 12. The molecule has 1 unspecified atom stereocenters. The van der Waals surface area contributed by atoms with Crippen LogP contribution in [0.5, 0.6) is 0 Å². The van der Waals surface area contributed by atoms with E-state index in [0.29, 0.717) is 105 Å². The van der Waals surface area contributed by atoms with E-state index in [-0.39, 0.29) is 67.3 Å². The third-order valence-corrected chi connectivity index (χ3v) is 27.2. The average molecular weight is 2030 g/mol. The van der Waals surface area contributed by atoms with Gasteiger partial charge in [-0.3, -0.25) is 57.5 Å². The summed E-state index contributed by atoms with van der Waals surface area (Å²) in [5, 5.41) is 51.7. The van der Waals surface area contributed by atoms with Gasteiger partial charge in [-0.15, -0.1) is 15.3 Å². The summed E-state index contributed by atoms with van der Waals surface area (Å²) >= 11 is 9.08. The molecule has 12 amide bonds. The van der Waals surface area contributed by atoms with Gasteiger partial charge in [0.1, 0.15) is 74.2 Å². The van der Waals surface area contributed by atoms with Gasteiger partial charge in [0.05, 0.1) is 36.1 Å². The summed E-state index contributed by atoms with van der Waals surface area (Å²) < 4.78 is 95.1. The van der Waals surface area contributed by atoms with Crippen molar-refractivity contribution in [2.75, 3.05) is 75.6 Å². The molecule has 46 heteroatoms. The van der Waals surface area contributed by atoms with Crippen molar-refractivity contribution < 1.29 is 83.9 Å². The predicted octanol–water partition coefficient (Wildman–Crippen LogP) is 10.5. The lowest BCUT2D eigenvalue weighted by Gasteiger charge is -2.35. The van der Waals surface area contributed by atoms with Gasteiger partial charge in [-0.1, -0.05) is 184 Å². The third-order valence-electron chi connectivity index (χ3n) is 25.0. The Bertz CT molecular complexity index is 5840. The van der Waals surface area contributed by atoms with Crippen molar-refractivity contribution in [1.82, 2.24) is 101 Å². The van der Waals surface area contributed by atoms with E-state index in [1.165, 1.54) is 27.9 Å².